The summed E-state index contributed by atoms with van der Waals surface area (Å²) in [7, 11) is -2.31. The number of ether oxygens (including phenoxy) is 1. The van der Waals surface area contributed by atoms with Crippen LogP contribution in [0, 0.1) is 0 Å². The van der Waals surface area contributed by atoms with Gasteiger partial charge in [0.05, 0.1) is 21.7 Å². The Bertz CT molecular complexity index is 3030. The van der Waals surface area contributed by atoms with Gasteiger partial charge in [0.15, 0.2) is 17.2 Å². The number of aryl methyl sites for hydroxylation is 1. The molecule has 3 saturated heterocycles. The number of sulfonamides is 1. The van der Waals surface area contributed by atoms with Crippen LogP contribution in [0.1, 0.15) is 78.7 Å². The average Bonchev–Trinajstić information content (AvgIpc) is 3.73. The fourth-order valence-corrected chi connectivity index (χ4v) is 12.9. The van der Waals surface area contributed by atoms with Crippen molar-refractivity contribution in [1.29, 1.82) is 0 Å². The number of aromatic carboxylic acids is 1. The smallest absolute Gasteiger partial charge is 0.349 e. The average molecular weight is 995 g/mol. The van der Waals surface area contributed by atoms with Crippen molar-refractivity contribution in [2.24, 2.45) is 7.05 Å². The van der Waals surface area contributed by atoms with Gasteiger partial charge in [-0.3, -0.25) is 24.0 Å². The molecule has 0 spiro atoms. The van der Waals surface area contributed by atoms with Crippen LogP contribution in [-0.4, -0.2) is 111 Å². The van der Waals surface area contributed by atoms with E-state index in [-0.39, 0.29) is 66.3 Å². The Labute approximate surface area is 398 Å². The second-order valence-electron chi connectivity index (χ2n) is 17.9. The number of imide groups is 1. The van der Waals surface area contributed by atoms with Gasteiger partial charge in [-0.1, -0.05) is 41.9 Å². The lowest BCUT2D eigenvalue weighted by Gasteiger charge is -2.45. The number of carboxylic acid groups (broad SMARTS) is 2. The minimum Gasteiger partial charge on any atom is -0.479 e. The van der Waals surface area contributed by atoms with E-state index in [9.17, 15) is 42.3 Å². The first-order chi connectivity index (χ1) is 32.2. The van der Waals surface area contributed by atoms with Crippen LogP contribution in [0.2, 0.25) is 5.02 Å². The minimum atomic E-state index is -3.87. The number of nitrogens with one attached hydrogen (secondary N) is 3. The Kier molecular flexibility index (Phi) is 13.5. The summed E-state index contributed by atoms with van der Waals surface area (Å²) < 4.78 is 53.2. The SMILES string of the molecule is Cn1c(=O)n(C2CCC(=O)NC2=O)c2ccc(C3CN(C(=O)Nc4cccc(CS(=O)(=O)N5CC[C@H](Nc6cccc(-c7sc(C(=O)O)c(OCC(=O)O)c7Cl)c6)CC5(C)C)c4)CCC3F)cc21. The molecule has 68 heavy (non-hydrogen) atoms. The molecule has 0 bridgehead atoms. The first-order valence-corrected chi connectivity index (χ1v) is 24.6. The zero-order chi connectivity index (χ0) is 48.8. The summed E-state index contributed by atoms with van der Waals surface area (Å²) in [6.45, 7) is 3.33. The second kappa shape index (κ2) is 19.0. The van der Waals surface area contributed by atoms with E-state index in [0.29, 0.717) is 56.8 Å². The molecule has 22 heteroatoms. The van der Waals surface area contributed by atoms with Crippen LogP contribution in [-0.2, 0) is 37.2 Å². The summed E-state index contributed by atoms with van der Waals surface area (Å²) in [5.74, 6) is -4.83. The molecule has 3 aromatic carbocycles. The Morgan fingerprint density at radius 2 is 1.72 bits per heavy atom. The maximum atomic E-state index is 15.6. The van der Waals surface area contributed by atoms with Crippen molar-refractivity contribution >= 4 is 85.2 Å². The highest BCUT2D eigenvalue weighted by atomic mass is 35.5. The molecule has 3 aliphatic rings. The van der Waals surface area contributed by atoms with Crippen LogP contribution in [0.15, 0.2) is 71.5 Å². The third-order valence-electron chi connectivity index (χ3n) is 12.7. The molecule has 360 valence electrons. The number of halogens is 2. The number of anilines is 2. The number of carboxylic acids is 2. The monoisotopic (exact) mass is 993 g/mol. The number of carbonyl (C=O) groups is 5. The molecule has 4 amide bonds. The maximum Gasteiger partial charge on any atom is 0.349 e. The van der Waals surface area contributed by atoms with Gasteiger partial charge in [-0.15, -0.1) is 11.3 Å². The number of carbonyl (C=O) groups excluding carboxylic acids is 3. The van der Waals surface area contributed by atoms with Gasteiger partial charge >= 0.3 is 23.7 Å². The van der Waals surface area contributed by atoms with Crippen molar-refractivity contribution in [3.8, 4) is 16.2 Å². The molecule has 8 rings (SSSR count). The first kappa shape index (κ1) is 48.2. The van der Waals surface area contributed by atoms with E-state index in [4.69, 9.17) is 21.4 Å². The van der Waals surface area contributed by atoms with Gasteiger partial charge in [-0.25, -0.2) is 32.0 Å². The van der Waals surface area contributed by atoms with Crippen molar-refractivity contribution in [2.75, 3.05) is 36.9 Å². The van der Waals surface area contributed by atoms with E-state index in [1.165, 1.54) is 18.3 Å². The number of thiophene rings is 1. The molecular formula is C46H49ClFN7O11S2. The molecular weight excluding hydrogens is 945 g/mol. The Morgan fingerprint density at radius 1 is 0.971 bits per heavy atom. The molecule has 3 fully saturated rings. The van der Waals surface area contributed by atoms with E-state index in [2.05, 4.69) is 16.0 Å². The highest BCUT2D eigenvalue weighted by Gasteiger charge is 2.42. The number of aromatic nitrogens is 2. The number of amides is 4. The highest BCUT2D eigenvalue weighted by Crippen LogP contribution is 2.46. The predicted octanol–water partition coefficient (Wildman–Crippen LogP) is 6.41. The lowest BCUT2D eigenvalue weighted by Crippen LogP contribution is -2.55. The summed E-state index contributed by atoms with van der Waals surface area (Å²) in [4.78, 5) is 76.1. The van der Waals surface area contributed by atoms with Crippen molar-refractivity contribution in [2.45, 2.75) is 81.4 Å². The topological polar surface area (TPSA) is 239 Å². The summed E-state index contributed by atoms with van der Waals surface area (Å²) >= 11 is 7.38. The molecule has 0 aliphatic carbocycles. The normalized spacial score (nSPS) is 21.0. The Morgan fingerprint density at radius 3 is 2.44 bits per heavy atom. The molecule has 0 radical (unpaired) electrons. The maximum absolute atomic E-state index is 15.6. The molecule has 5 heterocycles. The number of alkyl halides is 1. The fraction of sp³-hybridized carbons (Fsp3) is 0.391. The van der Waals surface area contributed by atoms with Gasteiger partial charge in [-0.05, 0) is 92.6 Å². The third-order valence-corrected chi connectivity index (χ3v) is 16.4. The van der Waals surface area contributed by atoms with Crippen LogP contribution in [0.5, 0.6) is 5.75 Å². The lowest BCUT2D eigenvalue weighted by molar-refractivity contribution is -0.139. The van der Waals surface area contributed by atoms with E-state index in [0.717, 1.165) is 11.3 Å². The fourth-order valence-electron chi connectivity index (χ4n) is 9.49. The molecule has 3 unspecified atom stereocenters. The van der Waals surface area contributed by atoms with Gasteiger partial charge in [0.2, 0.25) is 21.8 Å². The Balaban J connectivity index is 0.897. The largest absolute Gasteiger partial charge is 0.479 e. The van der Waals surface area contributed by atoms with Crippen molar-refractivity contribution in [3.63, 3.8) is 0 Å². The van der Waals surface area contributed by atoms with Crippen LogP contribution in [0.3, 0.4) is 0 Å². The predicted molar refractivity (Wildman–Crippen MR) is 253 cm³/mol. The second-order valence-corrected chi connectivity index (χ2v) is 21.2. The number of fused-ring (bicyclic) bond motifs is 1. The highest BCUT2D eigenvalue weighted by molar-refractivity contribution is 7.88. The zero-order valence-electron chi connectivity index (χ0n) is 37.2. The van der Waals surface area contributed by atoms with Crippen LogP contribution < -0.4 is 26.4 Å². The molecule has 3 aliphatic heterocycles. The zero-order valence-corrected chi connectivity index (χ0v) is 39.6. The molecule has 18 nitrogen and oxygen atoms in total. The number of hydrogen-bond donors (Lipinski definition) is 5. The summed E-state index contributed by atoms with van der Waals surface area (Å²) in [5.41, 5.74) is 2.34. The number of piperidine rings is 3. The molecule has 5 N–H and O–H groups in total. The van der Waals surface area contributed by atoms with Gasteiger partial charge in [0, 0.05) is 62.0 Å². The number of imidazole rings is 1. The van der Waals surface area contributed by atoms with E-state index < -0.39 is 75.8 Å². The van der Waals surface area contributed by atoms with Crippen molar-refractivity contribution in [1.82, 2.24) is 23.7 Å². The molecule has 0 saturated carbocycles. The number of benzene rings is 3. The van der Waals surface area contributed by atoms with Crippen LogP contribution >= 0.6 is 22.9 Å². The van der Waals surface area contributed by atoms with Gasteiger partial charge in [-0.2, -0.15) is 4.31 Å². The summed E-state index contributed by atoms with van der Waals surface area (Å²) in [6.07, 6.45) is -0.0411. The quantitative estimate of drug-likeness (QED) is 0.0806. The Hall–Kier alpha value is -6.29. The van der Waals surface area contributed by atoms with Crippen LogP contribution in [0.25, 0.3) is 21.5 Å². The van der Waals surface area contributed by atoms with Crippen molar-refractivity contribution in [3.05, 3.63) is 98.2 Å². The van der Waals surface area contributed by atoms with Crippen molar-refractivity contribution < 1.29 is 51.7 Å². The van der Waals surface area contributed by atoms with Crippen LogP contribution in [0.4, 0.5) is 20.6 Å². The lowest BCUT2D eigenvalue weighted by atomic mass is 9.88. The number of likely N-dealkylation sites (tertiary alicyclic amines) is 1. The summed E-state index contributed by atoms with van der Waals surface area (Å²) in [5, 5.41) is 27.4. The summed E-state index contributed by atoms with van der Waals surface area (Å²) in [6, 6.07) is 17.2. The number of rotatable bonds is 13. The molecule has 5 aromatic rings. The third kappa shape index (κ3) is 9.83. The first-order valence-electron chi connectivity index (χ1n) is 21.8. The van der Waals surface area contributed by atoms with E-state index in [1.54, 1.807) is 67.7 Å². The molecule has 4 atom stereocenters. The van der Waals surface area contributed by atoms with Gasteiger partial charge in [0.25, 0.3) is 0 Å². The number of hydrogen-bond acceptors (Lipinski definition) is 11. The molecule has 2 aromatic heterocycles. The van der Waals surface area contributed by atoms with E-state index >= 15 is 4.39 Å². The number of aliphatic carboxylic acids is 1. The minimum absolute atomic E-state index is 0.0178. The standard InChI is InChI=1S/C46H49ClFN7O11S2/c1-46(2)21-30(49-29-9-5-7-27(19-29)40-38(47)39(66-23-37(57)58)41(67-40)43(60)61)14-17-54(46)68(64,65)24-25-6-4-8-28(18-25)50-44(62)53-16-15-32(48)31(22-53)26-10-11-33-35(20-26)52(3)45(63)55(33)34-12-13-36(56)51-42(34)59/h4-11,18-20,30-32,34,49H,12-17,21-24H2,1-3H3,(H,50,62)(H,57,58)(H,60,61)(H,51,56,59)/t30-,31?,32?,34?/m0/s1. The van der Waals surface area contributed by atoms with Gasteiger partial charge < -0.3 is 30.5 Å². The number of nitrogens with zero attached hydrogens (tertiary/aromatic N) is 4. The van der Waals surface area contributed by atoms with Gasteiger partial charge in [0.1, 0.15) is 17.2 Å². The number of urea groups is 1. The van der Waals surface area contributed by atoms with E-state index in [1.807, 2.05) is 19.9 Å².